The number of aryl methyl sites for hydroxylation is 1. The SMILES string of the molecule is Cc1cc(CC2CC3(C2)CN(C(=O)[C@H]2C[C@@](C)(O)C2)C3)ccc1C(F)(F)F. The second-order valence-corrected chi connectivity index (χ2v) is 9.42. The quantitative estimate of drug-likeness (QED) is 0.861. The lowest BCUT2D eigenvalue weighted by molar-refractivity contribution is -0.171. The van der Waals surface area contributed by atoms with Crippen LogP contribution in [0, 0.1) is 24.2 Å². The van der Waals surface area contributed by atoms with Crippen molar-refractivity contribution in [2.45, 2.75) is 57.7 Å². The van der Waals surface area contributed by atoms with E-state index < -0.39 is 17.3 Å². The molecule has 2 aliphatic carbocycles. The van der Waals surface area contributed by atoms with Crippen molar-refractivity contribution in [2.75, 3.05) is 13.1 Å². The Bertz CT molecular complexity index is 749. The minimum absolute atomic E-state index is 0.0247. The van der Waals surface area contributed by atoms with Gasteiger partial charge in [0.15, 0.2) is 0 Å². The maximum absolute atomic E-state index is 12.9. The fourth-order valence-corrected chi connectivity index (χ4v) is 5.43. The van der Waals surface area contributed by atoms with Crippen molar-refractivity contribution in [2.24, 2.45) is 17.3 Å². The topological polar surface area (TPSA) is 40.5 Å². The first-order valence-electron chi connectivity index (χ1n) is 9.64. The minimum atomic E-state index is -4.29. The van der Waals surface area contributed by atoms with E-state index in [4.69, 9.17) is 0 Å². The zero-order valence-corrected chi connectivity index (χ0v) is 15.8. The van der Waals surface area contributed by atoms with Gasteiger partial charge in [0.05, 0.1) is 11.2 Å². The molecule has 1 aliphatic heterocycles. The Balaban J connectivity index is 1.25. The van der Waals surface area contributed by atoms with E-state index in [1.807, 2.05) is 4.90 Å². The molecular formula is C21H26F3NO2. The lowest BCUT2D eigenvalue weighted by atomic mass is 9.56. The Morgan fingerprint density at radius 3 is 2.37 bits per heavy atom. The first kappa shape index (κ1) is 18.8. The third-order valence-electron chi connectivity index (χ3n) is 6.65. The number of rotatable bonds is 3. The summed E-state index contributed by atoms with van der Waals surface area (Å²) in [6.45, 7) is 4.88. The molecule has 2 saturated carbocycles. The molecule has 1 heterocycles. The van der Waals surface area contributed by atoms with Crippen LogP contribution in [-0.4, -0.2) is 34.6 Å². The molecular weight excluding hydrogens is 355 g/mol. The Hall–Kier alpha value is -1.56. The first-order chi connectivity index (χ1) is 12.5. The van der Waals surface area contributed by atoms with E-state index in [9.17, 15) is 23.1 Å². The van der Waals surface area contributed by atoms with Crippen molar-refractivity contribution in [3.8, 4) is 0 Å². The number of alkyl halides is 3. The van der Waals surface area contributed by atoms with Crippen LogP contribution < -0.4 is 0 Å². The molecule has 3 aliphatic rings. The third-order valence-corrected chi connectivity index (χ3v) is 6.65. The van der Waals surface area contributed by atoms with Crippen LogP contribution in [0.4, 0.5) is 13.2 Å². The summed E-state index contributed by atoms with van der Waals surface area (Å²) in [6.07, 6.45) is -0.284. The second kappa shape index (κ2) is 5.97. The summed E-state index contributed by atoms with van der Waals surface area (Å²) in [7, 11) is 0. The molecule has 1 N–H and O–H groups in total. The van der Waals surface area contributed by atoms with Crippen LogP contribution >= 0.6 is 0 Å². The van der Waals surface area contributed by atoms with E-state index in [0.717, 1.165) is 37.9 Å². The second-order valence-electron chi connectivity index (χ2n) is 9.42. The zero-order valence-electron chi connectivity index (χ0n) is 15.8. The standard InChI is InChI=1S/C21H26F3NO2/c1-13-5-14(3-4-17(13)21(22,23)24)6-15-7-20(8-15)11-25(12-20)18(26)16-9-19(2,27)10-16/h3-5,15-16,27H,6-12H2,1-2H3/t16-,19+. The number of carbonyl (C=O) groups excluding carboxylic acids is 1. The molecule has 3 fully saturated rings. The Kier molecular flexibility index (Phi) is 4.15. The van der Waals surface area contributed by atoms with Crippen LogP contribution in [-0.2, 0) is 17.4 Å². The fraction of sp³-hybridized carbons (Fsp3) is 0.667. The third kappa shape index (κ3) is 3.48. The van der Waals surface area contributed by atoms with Crippen LogP contribution in [0.1, 0.15) is 49.3 Å². The number of benzene rings is 1. The molecule has 1 aromatic rings. The van der Waals surface area contributed by atoms with Crippen molar-refractivity contribution < 1.29 is 23.1 Å². The van der Waals surface area contributed by atoms with Gasteiger partial charge in [-0.15, -0.1) is 0 Å². The van der Waals surface area contributed by atoms with Crippen molar-refractivity contribution in [1.29, 1.82) is 0 Å². The summed E-state index contributed by atoms with van der Waals surface area (Å²) < 4.78 is 38.6. The molecule has 1 saturated heterocycles. The van der Waals surface area contributed by atoms with Crippen molar-refractivity contribution in [1.82, 2.24) is 4.90 Å². The summed E-state index contributed by atoms with van der Waals surface area (Å²) in [5.41, 5.74) is 0.243. The highest BCUT2D eigenvalue weighted by atomic mass is 19.4. The Labute approximate surface area is 157 Å². The van der Waals surface area contributed by atoms with Crippen molar-refractivity contribution >= 4 is 5.91 Å². The van der Waals surface area contributed by atoms with Gasteiger partial charge in [-0.05, 0) is 69.1 Å². The number of halogens is 3. The maximum Gasteiger partial charge on any atom is 0.416 e. The monoisotopic (exact) mass is 381 g/mol. The van der Waals surface area contributed by atoms with E-state index >= 15 is 0 Å². The van der Waals surface area contributed by atoms with Gasteiger partial charge in [0, 0.05) is 24.4 Å². The number of aliphatic hydroxyl groups is 1. The predicted octanol–water partition coefficient (Wildman–Crippen LogP) is 3.96. The first-order valence-corrected chi connectivity index (χ1v) is 9.64. The molecule has 0 bridgehead atoms. The number of likely N-dealkylation sites (tertiary alicyclic amines) is 1. The minimum Gasteiger partial charge on any atom is -0.390 e. The highest BCUT2D eigenvalue weighted by molar-refractivity contribution is 5.81. The summed E-state index contributed by atoms with van der Waals surface area (Å²) in [4.78, 5) is 14.3. The molecule has 1 amide bonds. The average Bonchev–Trinajstić information content (AvgIpc) is 2.43. The fourth-order valence-electron chi connectivity index (χ4n) is 5.43. The Morgan fingerprint density at radius 1 is 1.22 bits per heavy atom. The van der Waals surface area contributed by atoms with Crippen LogP contribution in [0.3, 0.4) is 0 Å². The maximum atomic E-state index is 12.9. The van der Waals surface area contributed by atoms with E-state index in [1.165, 1.54) is 13.0 Å². The predicted molar refractivity (Wildman–Crippen MR) is 95.0 cm³/mol. The van der Waals surface area contributed by atoms with Gasteiger partial charge < -0.3 is 10.0 Å². The van der Waals surface area contributed by atoms with Crippen LogP contribution in [0.15, 0.2) is 18.2 Å². The molecule has 148 valence electrons. The Morgan fingerprint density at radius 2 is 1.85 bits per heavy atom. The van der Waals surface area contributed by atoms with Gasteiger partial charge in [-0.3, -0.25) is 4.79 Å². The lowest BCUT2D eigenvalue weighted by Gasteiger charge is -2.60. The molecule has 0 radical (unpaired) electrons. The molecule has 3 nitrogen and oxygen atoms in total. The highest BCUT2D eigenvalue weighted by Gasteiger charge is 2.55. The van der Waals surface area contributed by atoms with Gasteiger partial charge in [0.25, 0.3) is 0 Å². The lowest BCUT2D eigenvalue weighted by Crippen LogP contribution is -2.66. The van der Waals surface area contributed by atoms with E-state index in [-0.39, 0.29) is 22.8 Å². The summed E-state index contributed by atoms with van der Waals surface area (Å²) in [6, 6.07) is 4.45. The zero-order chi connectivity index (χ0) is 19.6. The summed E-state index contributed by atoms with van der Waals surface area (Å²) in [5, 5.41) is 9.79. The number of amides is 1. The summed E-state index contributed by atoms with van der Waals surface area (Å²) >= 11 is 0. The van der Waals surface area contributed by atoms with Crippen molar-refractivity contribution in [3.63, 3.8) is 0 Å². The smallest absolute Gasteiger partial charge is 0.390 e. The van der Waals surface area contributed by atoms with Gasteiger partial charge in [0.1, 0.15) is 0 Å². The average molecular weight is 381 g/mol. The largest absolute Gasteiger partial charge is 0.416 e. The molecule has 0 atom stereocenters. The van der Waals surface area contributed by atoms with Crippen LogP contribution in [0.2, 0.25) is 0 Å². The number of hydrogen-bond acceptors (Lipinski definition) is 2. The van der Waals surface area contributed by atoms with Crippen LogP contribution in [0.25, 0.3) is 0 Å². The van der Waals surface area contributed by atoms with E-state index in [1.54, 1.807) is 19.1 Å². The summed E-state index contributed by atoms with van der Waals surface area (Å²) in [5.74, 6) is 0.639. The van der Waals surface area contributed by atoms with Gasteiger partial charge in [-0.25, -0.2) is 0 Å². The molecule has 27 heavy (non-hydrogen) atoms. The molecule has 0 unspecified atom stereocenters. The van der Waals surface area contributed by atoms with Gasteiger partial charge >= 0.3 is 6.18 Å². The number of carbonyl (C=O) groups is 1. The normalized spacial score (nSPS) is 29.9. The van der Waals surface area contributed by atoms with Crippen LogP contribution in [0.5, 0.6) is 0 Å². The van der Waals surface area contributed by atoms with E-state index in [0.29, 0.717) is 18.8 Å². The van der Waals surface area contributed by atoms with Gasteiger partial charge in [0.2, 0.25) is 5.91 Å². The molecule has 0 aromatic heterocycles. The van der Waals surface area contributed by atoms with Gasteiger partial charge in [-0.1, -0.05) is 12.1 Å². The van der Waals surface area contributed by atoms with Crippen molar-refractivity contribution in [3.05, 3.63) is 34.9 Å². The highest BCUT2D eigenvalue weighted by Crippen LogP contribution is 2.54. The van der Waals surface area contributed by atoms with Gasteiger partial charge in [-0.2, -0.15) is 13.2 Å². The van der Waals surface area contributed by atoms with E-state index in [2.05, 4.69) is 0 Å². The molecule has 6 heteroatoms. The number of nitrogens with zero attached hydrogens (tertiary/aromatic N) is 1. The molecule has 4 rings (SSSR count). The molecule has 1 spiro atoms. The molecule has 1 aromatic carbocycles. The number of hydrogen-bond donors (Lipinski definition) is 1.